The van der Waals surface area contributed by atoms with Crippen molar-refractivity contribution >= 4 is 0 Å². The van der Waals surface area contributed by atoms with E-state index in [1.54, 1.807) is 0 Å². The summed E-state index contributed by atoms with van der Waals surface area (Å²) in [7, 11) is 4.27. The van der Waals surface area contributed by atoms with Crippen molar-refractivity contribution < 1.29 is 5.11 Å². The van der Waals surface area contributed by atoms with Crippen LogP contribution in [0.2, 0.25) is 0 Å². The van der Waals surface area contributed by atoms with Crippen LogP contribution in [0.25, 0.3) is 0 Å². The van der Waals surface area contributed by atoms with Crippen LogP contribution >= 0.6 is 0 Å². The zero-order valence-corrected chi connectivity index (χ0v) is 13.3. The number of hydrogen-bond donors (Lipinski definition) is 1. The lowest BCUT2D eigenvalue weighted by molar-refractivity contribution is -0.0465. The molecule has 2 nitrogen and oxygen atoms in total. The van der Waals surface area contributed by atoms with E-state index < -0.39 is 0 Å². The fourth-order valence-corrected chi connectivity index (χ4v) is 3.18. The van der Waals surface area contributed by atoms with Crippen LogP contribution in [0.5, 0.6) is 0 Å². The van der Waals surface area contributed by atoms with Gasteiger partial charge in [0.15, 0.2) is 0 Å². The van der Waals surface area contributed by atoms with E-state index in [0.29, 0.717) is 5.41 Å². The summed E-state index contributed by atoms with van der Waals surface area (Å²) in [5.74, 6) is 0.827. The van der Waals surface area contributed by atoms with E-state index in [-0.39, 0.29) is 11.6 Å². The summed E-state index contributed by atoms with van der Waals surface area (Å²) in [5.41, 5.74) is 0.341. The van der Waals surface area contributed by atoms with Crippen LogP contribution in [0, 0.1) is 11.3 Å². The molecular formula is C16H33NO. The molecule has 0 aromatic carbocycles. The van der Waals surface area contributed by atoms with Gasteiger partial charge in [-0.05, 0) is 64.0 Å². The van der Waals surface area contributed by atoms with E-state index in [1.807, 2.05) is 0 Å². The molecule has 18 heavy (non-hydrogen) atoms. The fraction of sp³-hybridized carbons (Fsp3) is 1.00. The predicted octanol–water partition coefficient (Wildman–Crippen LogP) is 3.68. The second-order valence-corrected chi connectivity index (χ2v) is 7.80. The van der Waals surface area contributed by atoms with E-state index in [4.69, 9.17) is 0 Å². The monoisotopic (exact) mass is 255 g/mol. The molecule has 0 aromatic heterocycles. The minimum absolute atomic E-state index is 0.0256. The van der Waals surface area contributed by atoms with Gasteiger partial charge in [0.05, 0.1) is 6.10 Å². The predicted molar refractivity (Wildman–Crippen MR) is 78.7 cm³/mol. The molecule has 1 aliphatic rings. The lowest BCUT2D eigenvalue weighted by Crippen LogP contribution is -2.55. The molecule has 1 atom stereocenters. The number of hydrogen-bond acceptors (Lipinski definition) is 2. The van der Waals surface area contributed by atoms with Crippen molar-refractivity contribution in [2.24, 2.45) is 11.3 Å². The molecule has 0 bridgehead atoms. The molecule has 0 heterocycles. The van der Waals surface area contributed by atoms with Crippen molar-refractivity contribution in [1.29, 1.82) is 0 Å². The SMILES string of the molecule is CC1CCC(C(O)CCC(C)(C)C)(N(C)C)CC1. The van der Waals surface area contributed by atoms with Gasteiger partial charge in [-0.15, -0.1) is 0 Å². The van der Waals surface area contributed by atoms with Crippen LogP contribution in [-0.4, -0.2) is 35.7 Å². The molecule has 1 N–H and O–H groups in total. The van der Waals surface area contributed by atoms with Crippen LogP contribution in [-0.2, 0) is 0 Å². The first-order chi connectivity index (χ1) is 8.17. The molecule has 0 aromatic rings. The maximum absolute atomic E-state index is 10.7. The first kappa shape index (κ1) is 16.0. The van der Waals surface area contributed by atoms with Crippen molar-refractivity contribution in [3.05, 3.63) is 0 Å². The maximum Gasteiger partial charge on any atom is 0.0723 e. The summed E-state index contributed by atoms with van der Waals surface area (Å²) in [6, 6.07) is 0. The Morgan fingerprint density at radius 2 is 1.72 bits per heavy atom. The van der Waals surface area contributed by atoms with Crippen LogP contribution < -0.4 is 0 Å². The van der Waals surface area contributed by atoms with Crippen molar-refractivity contribution in [2.75, 3.05) is 14.1 Å². The highest BCUT2D eigenvalue weighted by Crippen LogP contribution is 2.39. The van der Waals surface area contributed by atoms with Crippen molar-refractivity contribution in [3.63, 3.8) is 0 Å². The molecule has 108 valence electrons. The topological polar surface area (TPSA) is 23.5 Å². The van der Waals surface area contributed by atoms with Crippen LogP contribution in [0.3, 0.4) is 0 Å². The number of aliphatic hydroxyl groups is 1. The summed E-state index contributed by atoms with van der Waals surface area (Å²) in [6.07, 6.45) is 6.64. The Morgan fingerprint density at radius 3 is 2.11 bits per heavy atom. The highest BCUT2D eigenvalue weighted by molar-refractivity contribution is 4.98. The summed E-state index contributed by atoms with van der Waals surface area (Å²) in [6.45, 7) is 9.10. The molecule has 0 radical (unpaired) electrons. The van der Waals surface area contributed by atoms with Crippen LogP contribution in [0.15, 0.2) is 0 Å². The van der Waals surface area contributed by atoms with Gasteiger partial charge in [0.1, 0.15) is 0 Å². The lowest BCUT2D eigenvalue weighted by Gasteiger charge is -2.48. The normalized spacial score (nSPS) is 31.7. The van der Waals surface area contributed by atoms with Gasteiger partial charge >= 0.3 is 0 Å². The Labute approximate surface area is 114 Å². The molecule has 2 heteroatoms. The Balaban J connectivity index is 2.67. The number of likely N-dealkylation sites (N-methyl/N-ethyl adjacent to an activating group) is 1. The molecule has 1 saturated carbocycles. The number of nitrogens with zero attached hydrogens (tertiary/aromatic N) is 1. The molecule has 1 rings (SSSR count). The largest absolute Gasteiger partial charge is 0.391 e. The van der Waals surface area contributed by atoms with Crippen LogP contribution in [0.1, 0.15) is 66.2 Å². The highest BCUT2D eigenvalue weighted by Gasteiger charge is 2.42. The third-order valence-electron chi connectivity index (χ3n) is 4.82. The molecule has 1 unspecified atom stereocenters. The molecular weight excluding hydrogens is 222 g/mol. The van der Waals surface area contributed by atoms with Crippen LogP contribution in [0.4, 0.5) is 0 Å². The first-order valence-electron chi connectivity index (χ1n) is 7.53. The van der Waals surface area contributed by atoms with E-state index in [1.165, 1.54) is 12.8 Å². The Hall–Kier alpha value is -0.0800. The third-order valence-corrected chi connectivity index (χ3v) is 4.82. The van der Waals surface area contributed by atoms with Gasteiger partial charge in [-0.3, -0.25) is 0 Å². The minimum Gasteiger partial charge on any atom is -0.391 e. The third kappa shape index (κ3) is 3.96. The molecule has 1 aliphatic carbocycles. The van der Waals surface area contributed by atoms with E-state index in [2.05, 4.69) is 46.7 Å². The van der Waals surface area contributed by atoms with Gasteiger partial charge in [-0.1, -0.05) is 27.7 Å². The van der Waals surface area contributed by atoms with E-state index in [9.17, 15) is 5.11 Å². The number of aliphatic hydroxyl groups excluding tert-OH is 1. The minimum atomic E-state index is -0.181. The van der Waals surface area contributed by atoms with Crippen molar-refractivity contribution in [1.82, 2.24) is 4.90 Å². The van der Waals surface area contributed by atoms with E-state index >= 15 is 0 Å². The van der Waals surface area contributed by atoms with Gasteiger partial charge in [-0.25, -0.2) is 0 Å². The Bertz CT molecular complexity index is 246. The Morgan fingerprint density at radius 1 is 1.22 bits per heavy atom. The van der Waals surface area contributed by atoms with Gasteiger partial charge in [-0.2, -0.15) is 0 Å². The summed E-state index contributed by atoms with van der Waals surface area (Å²) >= 11 is 0. The average Bonchev–Trinajstić information content (AvgIpc) is 2.26. The average molecular weight is 255 g/mol. The molecule has 0 amide bonds. The number of rotatable bonds is 4. The standard InChI is InChI=1S/C16H33NO/c1-13-7-11-16(12-8-13,17(5)6)14(18)9-10-15(2,3)4/h13-14,18H,7-12H2,1-6H3. The quantitative estimate of drug-likeness (QED) is 0.828. The van der Waals surface area contributed by atoms with Crippen molar-refractivity contribution in [3.8, 4) is 0 Å². The van der Waals surface area contributed by atoms with Gasteiger partial charge in [0.25, 0.3) is 0 Å². The first-order valence-corrected chi connectivity index (χ1v) is 7.53. The van der Waals surface area contributed by atoms with Crippen molar-refractivity contribution in [2.45, 2.75) is 77.9 Å². The second kappa shape index (κ2) is 5.92. The Kier molecular flexibility index (Phi) is 5.25. The smallest absolute Gasteiger partial charge is 0.0723 e. The molecule has 0 spiro atoms. The lowest BCUT2D eigenvalue weighted by atomic mass is 9.71. The van der Waals surface area contributed by atoms with Gasteiger partial charge < -0.3 is 10.0 Å². The van der Waals surface area contributed by atoms with E-state index in [0.717, 1.165) is 31.6 Å². The zero-order valence-electron chi connectivity index (χ0n) is 13.3. The zero-order chi connectivity index (χ0) is 14.0. The summed E-state index contributed by atoms with van der Waals surface area (Å²) in [5, 5.41) is 10.7. The van der Waals surface area contributed by atoms with Gasteiger partial charge in [0.2, 0.25) is 0 Å². The summed E-state index contributed by atoms with van der Waals surface area (Å²) < 4.78 is 0. The molecule has 1 fully saturated rings. The molecule has 0 aliphatic heterocycles. The maximum atomic E-state index is 10.7. The molecule has 0 saturated heterocycles. The highest BCUT2D eigenvalue weighted by atomic mass is 16.3. The fourth-order valence-electron chi connectivity index (χ4n) is 3.18. The van der Waals surface area contributed by atoms with Gasteiger partial charge in [0, 0.05) is 5.54 Å². The summed E-state index contributed by atoms with van der Waals surface area (Å²) in [4.78, 5) is 2.28. The second-order valence-electron chi connectivity index (χ2n) is 7.80.